The predicted molar refractivity (Wildman–Crippen MR) is 43.0 cm³/mol. The van der Waals surface area contributed by atoms with Crippen LogP contribution in [0, 0.1) is 0 Å². The van der Waals surface area contributed by atoms with Crippen LogP contribution in [-0.2, 0) is 14.3 Å². The Hall–Kier alpha value is -1.14. The largest absolute Gasteiger partial charge is 0.480 e. The number of morpholine rings is 1. The number of carbonyl (C=O) groups excluding carboxylic acids is 1. The Morgan fingerprint density at radius 1 is 1.77 bits per heavy atom. The number of nitrogens with zero attached hydrogens (tertiary/aromatic N) is 1. The fourth-order valence-electron chi connectivity index (χ4n) is 1.06. The van der Waals surface area contributed by atoms with Crippen molar-refractivity contribution in [1.82, 2.24) is 4.90 Å². The predicted octanol–water partition coefficient (Wildman–Crippen LogP) is -1.74. The van der Waals surface area contributed by atoms with Gasteiger partial charge in [-0.25, -0.2) is 0 Å². The van der Waals surface area contributed by atoms with Gasteiger partial charge in [-0.1, -0.05) is 0 Å². The highest BCUT2D eigenvalue weighted by Gasteiger charge is 2.23. The van der Waals surface area contributed by atoms with Gasteiger partial charge < -0.3 is 20.5 Å². The van der Waals surface area contributed by atoms with E-state index in [-0.39, 0.29) is 19.1 Å². The zero-order valence-electron chi connectivity index (χ0n) is 7.10. The van der Waals surface area contributed by atoms with Crippen molar-refractivity contribution in [2.45, 2.75) is 6.04 Å². The van der Waals surface area contributed by atoms with Gasteiger partial charge in [0.2, 0.25) is 5.91 Å². The normalized spacial score (nSPS) is 20.1. The van der Waals surface area contributed by atoms with Gasteiger partial charge in [0.15, 0.2) is 0 Å². The summed E-state index contributed by atoms with van der Waals surface area (Å²) >= 11 is 0. The molecule has 1 heterocycles. The van der Waals surface area contributed by atoms with E-state index in [0.717, 1.165) is 0 Å². The van der Waals surface area contributed by atoms with E-state index in [9.17, 15) is 9.59 Å². The van der Waals surface area contributed by atoms with Crippen LogP contribution in [0.25, 0.3) is 0 Å². The van der Waals surface area contributed by atoms with E-state index >= 15 is 0 Å². The summed E-state index contributed by atoms with van der Waals surface area (Å²) in [6, 6.07) is -1.01. The Bertz CT molecular complexity index is 219. The second-order valence-electron chi connectivity index (χ2n) is 2.84. The average Bonchev–Trinajstić information content (AvgIpc) is 2.08. The third-order valence-electron chi connectivity index (χ3n) is 1.82. The molecule has 74 valence electrons. The van der Waals surface area contributed by atoms with Gasteiger partial charge in [-0.3, -0.25) is 9.59 Å². The molecule has 1 atom stereocenters. The minimum absolute atomic E-state index is 0.0202. The summed E-state index contributed by atoms with van der Waals surface area (Å²) in [5, 5.41) is 8.50. The van der Waals surface area contributed by atoms with Crippen molar-refractivity contribution in [2.24, 2.45) is 5.73 Å². The molecule has 6 nitrogen and oxygen atoms in total. The van der Waals surface area contributed by atoms with E-state index in [1.807, 2.05) is 0 Å². The molecule has 0 bridgehead atoms. The summed E-state index contributed by atoms with van der Waals surface area (Å²) in [4.78, 5) is 22.9. The molecule has 6 heteroatoms. The second-order valence-corrected chi connectivity index (χ2v) is 2.84. The summed E-state index contributed by atoms with van der Waals surface area (Å²) in [7, 11) is 0. The minimum atomic E-state index is -1.10. The Morgan fingerprint density at radius 2 is 2.46 bits per heavy atom. The number of hydrogen-bond acceptors (Lipinski definition) is 4. The molecule has 0 aliphatic carbocycles. The molecule has 3 N–H and O–H groups in total. The average molecular weight is 188 g/mol. The Morgan fingerprint density at radius 3 is 3.00 bits per heavy atom. The number of carboxylic acid groups (broad SMARTS) is 1. The number of hydrogen-bond donors (Lipinski definition) is 2. The van der Waals surface area contributed by atoms with E-state index in [4.69, 9.17) is 15.6 Å². The lowest BCUT2D eigenvalue weighted by Gasteiger charge is -2.27. The molecular formula is C7H12N2O4. The maximum absolute atomic E-state index is 11.1. The number of carboxylic acids is 1. The standard InChI is InChI=1S/C7H12N2O4/c8-5(7(11)12)3-9-1-2-13-4-6(9)10/h5H,1-4,8H2,(H,11,12). The third kappa shape index (κ3) is 2.67. The van der Waals surface area contributed by atoms with Crippen LogP contribution in [0.1, 0.15) is 0 Å². The van der Waals surface area contributed by atoms with Crippen molar-refractivity contribution in [3.63, 3.8) is 0 Å². The molecule has 13 heavy (non-hydrogen) atoms. The van der Waals surface area contributed by atoms with Crippen molar-refractivity contribution in [2.75, 3.05) is 26.3 Å². The highest BCUT2D eigenvalue weighted by molar-refractivity contribution is 5.79. The number of ether oxygens (including phenoxy) is 1. The van der Waals surface area contributed by atoms with Crippen LogP contribution in [-0.4, -0.2) is 54.2 Å². The van der Waals surface area contributed by atoms with E-state index in [1.54, 1.807) is 0 Å². The molecule has 0 saturated carbocycles. The van der Waals surface area contributed by atoms with E-state index in [1.165, 1.54) is 4.90 Å². The first-order valence-corrected chi connectivity index (χ1v) is 3.95. The fourth-order valence-corrected chi connectivity index (χ4v) is 1.06. The summed E-state index contributed by atoms with van der Waals surface area (Å²) in [6.45, 7) is 0.932. The first-order chi connectivity index (χ1) is 6.11. The van der Waals surface area contributed by atoms with E-state index in [2.05, 4.69) is 0 Å². The maximum Gasteiger partial charge on any atom is 0.322 e. The van der Waals surface area contributed by atoms with Crippen LogP contribution in [0.2, 0.25) is 0 Å². The van der Waals surface area contributed by atoms with Gasteiger partial charge in [0.25, 0.3) is 0 Å². The molecule has 0 aromatic heterocycles. The van der Waals surface area contributed by atoms with Crippen LogP contribution in [0.3, 0.4) is 0 Å². The summed E-state index contributed by atoms with van der Waals surface area (Å²) < 4.78 is 4.87. The molecule has 1 aliphatic heterocycles. The highest BCUT2D eigenvalue weighted by atomic mass is 16.5. The number of aliphatic carboxylic acids is 1. The van der Waals surface area contributed by atoms with E-state index < -0.39 is 12.0 Å². The van der Waals surface area contributed by atoms with Gasteiger partial charge in [0.1, 0.15) is 12.6 Å². The molecule has 0 aromatic carbocycles. The Balaban J connectivity index is 2.42. The molecule has 1 rings (SSSR count). The first-order valence-electron chi connectivity index (χ1n) is 3.95. The molecule has 0 aromatic rings. The summed E-state index contributed by atoms with van der Waals surface area (Å²) in [5.74, 6) is -1.30. The van der Waals surface area contributed by atoms with Crippen LogP contribution >= 0.6 is 0 Å². The number of nitrogens with two attached hydrogens (primary N) is 1. The van der Waals surface area contributed by atoms with Crippen molar-refractivity contribution in [3.05, 3.63) is 0 Å². The second kappa shape index (κ2) is 4.20. The van der Waals surface area contributed by atoms with Gasteiger partial charge in [0.05, 0.1) is 6.61 Å². The highest BCUT2D eigenvalue weighted by Crippen LogP contribution is 1.99. The molecule has 0 radical (unpaired) electrons. The monoisotopic (exact) mass is 188 g/mol. The van der Waals surface area contributed by atoms with Crippen molar-refractivity contribution in [1.29, 1.82) is 0 Å². The molecule has 1 amide bonds. The van der Waals surface area contributed by atoms with Crippen LogP contribution in [0.4, 0.5) is 0 Å². The molecule has 1 saturated heterocycles. The van der Waals surface area contributed by atoms with Crippen LogP contribution in [0.15, 0.2) is 0 Å². The molecule has 1 fully saturated rings. The van der Waals surface area contributed by atoms with Crippen molar-refractivity contribution < 1.29 is 19.4 Å². The van der Waals surface area contributed by atoms with Crippen molar-refractivity contribution in [3.8, 4) is 0 Å². The zero-order valence-corrected chi connectivity index (χ0v) is 7.10. The Kier molecular flexibility index (Phi) is 3.21. The van der Waals surface area contributed by atoms with E-state index in [0.29, 0.717) is 13.2 Å². The smallest absolute Gasteiger partial charge is 0.322 e. The van der Waals surface area contributed by atoms with Gasteiger partial charge in [-0.2, -0.15) is 0 Å². The number of carbonyl (C=O) groups is 2. The molecule has 0 spiro atoms. The maximum atomic E-state index is 11.1. The minimum Gasteiger partial charge on any atom is -0.480 e. The number of rotatable bonds is 3. The van der Waals surface area contributed by atoms with Gasteiger partial charge in [0, 0.05) is 13.1 Å². The third-order valence-corrected chi connectivity index (χ3v) is 1.82. The molecule has 1 aliphatic rings. The van der Waals surface area contributed by atoms with Gasteiger partial charge >= 0.3 is 5.97 Å². The lowest BCUT2D eigenvalue weighted by Crippen LogP contribution is -2.49. The van der Waals surface area contributed by atoms with Crippen molar-refractivity contribution >= 4 is 11.9 Å². The fraction of sp³-hybridized carbons (Fsp3) is 0.714. The zero-order chi connectivity index (χ0) is 9.84. The molecular weight excluding hydrogens is 176 g/mol. The SMILES string of the molecule is NC(CN1CCOCC1=O)C(=O)O. The quantitative estimate of drug-likeness (QED) is 0.548. The molecule has 1 unspecified atom stereocenters. The van der Waals surface area contributed by atoms with Gasteiger partial charge in [-0.05, 0) is 0 Å². The first kappa shape index (κ1) is 9.94. The summed E-state index contributed by atoms with van der Waals surface area (Å²) in [6.07, 6.45) is 0. The lowest BCUT2D eigenvalue weighted by atomic mass is 10.2. The lowest BCUT2D eigenvalue weighted by molar-refractivity contribution is -0.145. The Labute approximate surface area is 75.3 Å². The number of amides is 1. The van der Waals surface area contributed by atoms with Gasteiger partial charge in [-0.15, -0.1) is 0 Å². The van der Waals surface area contributed by atoms with Crippen LogP contribution < -0.4 is 5.73 Å². The summed E-state index contributed by atoms with van der Waals surface area (Å²) in [5.41, 5.74) is 5.28. The van der Waals surface area contributed by atoms with Crippen LogP contribution in [0.5, 0.6) is 0 Å². The topological polar surface area (TPSA) is 92.9 Å².